The van der Waals surface area contributed by atoms with Gasteiger partial charge in [0.05, 0.1) is 11.6 Å². The number of halogens is 3. The second-order valence-corrected chi connectivity index (χ2v) is 7.98. The molecule has 0 fully saturated rings. The Morgan fingerprint density at radius 3 is 2.06 bits per heavy atom. The molecule has 0 saturated carbocycles. The van der Waals surface area contributed by atoms with Crippen LogP contribution in [0.5, 0.6) is 0 Å². The quantitative estimate of drug-likeness (QED) is 0.386. The summed E-state index contributed by atoms with van der Waals surface area (Å²) in [7, 11) is 1.85. The zero-order chi connectivity index (χ0) is 23.1. The summed E-state index contributed by atoms with van der Waals surface area (Å²) in [4.78, 5) is 0. The molecule has 3 rings (SSSR count). The summed E-state index contributed by atoms with van der Waals surface area (Å²) in [6.07, 6.45) is -2.94. The molecule has 3 aromatic rings. The van der Waals surface area contributed by atoms with Crippen LogP contribution in [-0.2, 0) is 12.6 Å². The van der Waals surface area contributed by atoms with Gasteiger partial charge in [-0.2, -0.15) is 13.2 Å². The summed E-state index contributed by atoms with van der Waals surface area (Å²) in [5, 5.41) is 6.88. The number of benzene rings is 3. The fourth-order valence-electron chi connectivity index (χ4n) is 3.71. The third-order valence-corrected chi connectivity index (χ3v) is 5.65. The van der Waals surface area contributed by atoms with Gasteiger partial charge in [-0.15, -0.1) is 0 Å². The second-order valence-electron chi connectivity index (χ2n) is 7.98. The zero-order valence-electron chi connectivity index (χ0n) is 18.4. The number of hydrogen-bond donors (Lipinski definition) is 2. The van der Waals surface area contributed by atoms with Crippen LogP contribution in [0.2, 0.25) is 0 Å². The molecule has 0 amide bonds. The average Bonchev–Trinajstić information content (AvgIpc) is 2.80. The molecule has 0 aromatic heterocycles. The SMILES string of the molecule is C=C(NC)[C@H](N[C@@H](CCc1ccc(C(F)(F)F)cc1)c1ccc(C)cc1)c1ccccc1. The zero-order valence-corrected chi connectivity index (χ0v) is 18.4. The van der Waals surface area contributed by atoms with Gasteiger partial charge < -0.3 is 5.32 Å². The van der Waals surface area contributed by atoms with Gasteiger partial charge in [-0.3, -0.25) is 5.32 Å². The van der Waals surface area contributed by atoms with E-state index in [1.807, 2.05) is 32.2 Å². The minimum absolute atomic E-state index is 0.00630. The van der Waals surface area contributed by atoms with E-state index in [4.69, 9.17) is 0 Å². The predicted molar refractivity (Wildman–Crippen MR) is 124 cm³/mol. The highest BCUT2D eigenvalue weighted by Crippen LogP contribution is 2.30. The normalized spacial score (nSPS) is 13.4. The van der Waals surface area contributed by atoms with Crippen LogP contribution in [0, 0.1) is 6.92 Å². The van der Waals surface area contributed by atoms with Crippen molar-refractivity contribution >= 4 is 0 Å². The van der Waals surface area contributed by atoms with E-state index in [0.29, 0.717) is 6.42 Å². The molecule has 0 heterocycles. The molecule has 0 aliphatic rings. The Kier molecular flexibility index (Phi) is 7.75. The van der Waals surface area contributed by atoms with E-state index < -0.39 is 11.7 Å². The molecule has 0 unspecified atom stereocenters. The van der Waals surface area contributed by atoms with Crippen LogP contribution in [0.25, 0.3) is 0 Å². The number of hydrogen-bond acceptors (Lipinski definition) is 2. The standard InChI is InChI=1S/C27H29F3N2/c1-19-9-14-22(15-10-19)25(18-13-21-11-16-24(17-12-21)27(28,29)30)32-26(20(2)31-3)23-7-5-4-6-8-23/h4-12,14-17,25-26,31-32H,2,13,18H2,1,3H3/t25-,26-/m0/s1. The summed E-state index contributed by atoms with van der Waals surface area (Å²) in [6.45, 7) is 6.23. The summed E-state index contributed by atoms with van der Waals surface area (Å²) in [5.74, 6) is 0. The van der Waals surface area contributed by atoms with Crippen LogP contribution in [0.3, 0.4) is 0 Å². The van der Waals surface area contributed by atoms with Gasteiger partial charge in [-0.25, -0.2) is 0 Å². The Labute approximate surface area is 188 Å². The maximum absolute atomic E-state index is 12.9. The smallest absolute Gasteiger partial charge is 0.390 e. The summed E-state index contributed by atoms with van der Waals surface area (Å²) >= 11 is 0. The fourth-order valence-corrected chi connectivity index (χ4v) is 3.71. The van der Waals surface area contributed by atoms with Gasteiger partial charge in [0, 0.05) is 18.8 Å². The fraction of sp³-hybridized carbons (Fsp3) is 0.259. The first-order valence-corrected chi connectivity index (χ1v) is 10.7. The molecule has 2 atom stereocenters. The lowest BCUT2D eigenvalue weighted by Gasteiger charge is -2.28. The topological polar surface area (TPSA) is 24.1 Å². The lowest BCUT2D eigenvalue weighted by atomic mass is 9.95. The van der Waals surface area contributed by atoms with E-state index in [9.17, 15) is 13.2 Å². The molecule has 5 heteroatoms. The maximum Gasteiger partial charge on any atom is 0.416 e. The molecule has 3 aromatic carbocycles. The number of rotatable bonds is 9. The van der Waals surface area contributed by atoms with Crippen molar-refractivity contribution in [1.29, 1.82) is 0 Å². The molecular formula is C27H29F3N2. The molecule has 0 aliphatic heterocycles. The molecule has 2 N–H and O–H groups in total. The Morgan fingerprint density at radius 1 is 0.875 bits per heavy atom. The largest absolute Gasteiger partial charge is 0.416 e. The van der Waals surface area contributed by atoms with Crippen LogP contribution in [0.4, 0.5) is 13.2 Å². The highest BCUT2D eigenvalue weighted by atomic mass is 19.4. The van der Waals surface area contributed by atoms with E-state index in [0.717, 1.165) is 40.9 Å². The van der Waals surface area contributed by atoms with Gasteiger partial charge in [0.25, 0.3) is 0 Å². The molecule has 2 nitrogen and oxygen atoms in total. The van der Waals surface area contributed by atoms with Crippen molar-refractivity contribution < 1.29 is 13.2 Å². The summed E-state index contributed by atoms with van der Waals surface area (Å²) < 4.78 is 38.6. The van der Waals surface area contributed by atoms with Gasteiger partial charge in [-0.1, -0.05) is 78.9 Å². The number of nitrogens with one attached hydrogen (secondary N) is 2. The van der Waals surface area contributed by atoms with Crippen molar-refractivity contribution in [2.75, 3.05) is 7.05 Å². The number of alkyl halides is 3. The summed E-state index contributed by atoms with van der Waals surface area (Å²) in [6, 6.07) is 23.8. The van der Waals surface area contributed by atoms with Crippen molar-refractivity contribution in [3.05, 3.63) is 119 Å². The van der Waals surface area contributed by atoms with Crippen molar-refractivity contribution in [3.8, 4) is 0 Å². The predicted octanol–water partition coefficient (Wildman–Crippen LogP) is 6.75. The Balaban J connectivity index is 1.83. The van der Waals surface area contributed by atoms with Crippen LogP contribution in [-0.4, -0.2) is 7.05 Å². The van der Waals surface area contributed by atoms with Crippen molar-refractivity contribution in [2.24, 2.45) is 0 Å². The molecule has 0 bridgehead atoms. The Hall–Kier alpha value is -3.05. The van der Waals surface area contributed by atoms with Gasteiger partial charge in [-0.05, 0) is 48.6 Å². The number of likely N-dealkylation sites (N-methyl/N-ethyl adjacent to an activating group) is 1. The molecule has 0 aliphatic carbocycles. The highest BCUT2D eigenvalue weighted by molar-refractivity contribution is 5.30. The molecule has 168 valence electrons. The van der Waals surface area contributed by atoms with Crippen LogP contribution < -0.4 is 10.6 Å². The minimum Gasteiger partial charge on any atom is -0.390 e. The van der Waals surface area contributed by atoms with Crippen molar-refractivity contribution in [2.45, 2.75) is 38.0 Å². The van der Waals surface area contributed by atoms with Crippen LogP contribution in [0.15, 0.2) is 91.1 Å². The lowest BCUT2D eigenvalue weighted by molar-refractivity contribution is -0.137. The van der Waals surface area contributed by atoms with Crippen LogP contribution >= 0.6 is 0 Å². The molecule has 32 heavy (non-hydrogen) atoms. The maximum atomic E-state index is 12.9. The third-order valence-electron chi connectivity index (χ3n) is 5.65. The first kappa shape index (κ1) is 23.6. The van der Waals surface area contributed by atoms with E-state index in [1.165, 1.54) is 5.56 Å². The van der Waals surface area contributed by atoms with Crippen molar-refractivity contribution in [3.63, 3.8) is 0 Å². The van der Waals surface area contributed by atoms with E-state index in [-0.39, 0.29) is 12.1 Å². The second kappa shape index (κ2) is 10.5. The highest BCUT2D eigenvalue weighted by Gasteiger charge is 2.30. The first-order chi connectivity index (χ1) is 15.3. The van der Waals surface area contributed by atoms with Crippen LogP contribution in [0.1, 0.15) is 46.3 Å². The Morgan fingerprint density at radius 2 is 1.50 bits per heavy atom. The average molecular weight is 439 g/mol. The molecule has 0 spiro atoms. The minimum atomic E-state index is -4.32. The molecule has 0 radical (unpaired) electrons. The van der Waals surface area contributed by atoms with E-state index in [1.54, 1.807) is 12.1 Å². The molecule has 0 saturated heterocycles. The van der Waals surface area contributed by atoms with Gasteiger partial charge in [0.2, 0.25) is 0 Å². The van der Waals surface area contributed by atoms with Gasteiger partial charge in [0.1, 0.15) is 0 Å². The third kappa shape index (κ3) is 6.24. The number of aryl methyl sites for hydroxylation is 2. The molecular weight excluding hydrogens is 409 g/mol. The van der Waals surface area contributed by atoms with Gasteiger partial charge >= 0.3 is 6.18 Å². The van der Waals surface area contributed by atoms with Crippen molar-refractivity contribution in [1.82, 2.24) is 10.6 Å². The Bertz CT molecular complexity index is 994. The monoisotopic (exact) mass is 438 g/mol. The lowest BCUT2D eigenvalue weighted by Crippen LogP contribution is -2.31. The summed E-state index contributed by atoms with van der Waals surface area (Å²) in [5.41, 5.74) is 4.51. The van der Waals surface area contributed by atoms with E-state index in [2.05, 4.69) is 53.6 Å². The first-order valence-electron chi connectivity index (χ1n) is 10.7. The van der Waals surface area contributed by atoms with E-state index >= 15 is 0 Å². The van der Waals surface area contributed by atoms with Gasteiger partial charge in [0.15, 0.2) is 0 Å².